The molecule has 1 atom stereocenters. The molecule has 0 aromatic heterocycles. The van der Waals surface area contributed by atoms with Gasteiger partial charge in [-0.2, -0.15) is 0 Å². The fraction of sp³-hybridized carbons (Fsp3) is 0.250. The lowest BCUT2D eigenvalue weighted by Crippen LogP contribution is -2.27. The van der Waals surface area contributed by atoms with E-state index in [1.807, 2.05) is 31.2 Å². The highest BCUT2D eigenvalue weighted by molar-refractivity contribution is 6.01. The predicted molar refractivity (Wildman–Crippen MR) is 93.3 cm³/mol. The van der Waals surface area contributed by atoms with Crippen LogP contribution in [0.5, 0.6) is 0 Å². The molecule has 2 aromatic rings. The van der Waals surface area contributed by atoms with E-state index in [0.717, 1.165) is 11.3 Å². The van der Waals surface area contributed by atoms with Crippen LogP contribution in [0.4, 0.5) is 10.1 Å². The van der Waals surface area contributed by atoms with Crippen LogP contribution in [0.1, 0.15) is 22.3 Å². The van der Waals surface area contributed by atoms with Crippen LogP contribution >= 0.6 is 0 Å². The van der Waals surface area contributed by atoms with Crippen LogP contribution in [0.15, 0.2) is 48.5 Å². The summed E-state index contributed by atoms with van der Waals surface area (Å²) in [6.45, 7) is 1.72. The number of aryl methyl sites for hydroxylation is 1. The van der Waals surface area contributed by atoms with Gasteiger partial charge in [-0.15, -0.1) is 0 Å². The van der Waals surface area contributed by atoms with Gasteiger partial charge in [0.05, 0.1) is 5.92 Å². The summed E-state index contributed by atoms with van der Waals surface area (Å²) in [6, 6.07) is 12.5. The van der Waals surface area contributed by atoms with Gasteiger partial charge < -0.3 is 9.64 Å². The molecular weight excluding hydrogens is 337 g/mol. The molecular formula is C20H18FNO4. The lowest BCUT2D eigenvalue weighted by Gasteiger charge is -2.17. The molecule has 0 aliphatic carbocycles. The number of halogens is 1. The largest absolute Gasteiger partial charge is 0.457 e. The third-order valence-electron chi connectivity index (χ3n) is 4.28. The Hall–Kier alpha value is -3.02. The zero-order valence-electron chi connectivity index (χ0n) is 14.3. The maximum absolute atomic E-state index is 12.9. The summed E-state index contributed by atoms with van der Waals surface area (Å²) in [5, 5.41) is 0. The van der Waals surface area contributed by atoms with Crippen molar-refractivity contribution in [1.82, 2.24) is 0 Å². The van der Waals surface area contributed by atoms with Crippen molar-refractivity contribution in [3.63, 3.8) is 0 Å². The van der Waals surface area contributed by atoms with E-state index in [-0.39, 0.29) is 24.4 Å². The van der Waals surface area contributed by atoms with Gasteiger partial charge in [-0.25, -0.2) is 4.39 Å². The number of hydrogen-bond donors (Lipinski definition) is 0. The Kier molecular flexibility index (Phi) is 5.11. The Morgan fingerprint density at radius 3 is 2.62 bits per heavy atom. The summed E-state index contributed by atoms with van der Waals surface area (Å²) < 4.78 is 17.9. The summed E-state index contributed by atoms with van der Waals surface area (Å²) >= 11 is 0. The average Bonchev–Trinajstić information content (AvgIpc) is 3.02. The van der Waals surface area contributed by atoms with Crippen LogP contribution in [-0.4, -0.2) is 30.8 Å². The van der Waals surface area contributed by atoms with E-state index in [1.165, 1.54) is 24.3 Å². The summed E-state index contributed by atoms with van der Waals surface area (Å²) in [4.78, 5) is 38.0. The number of amides is 1. The van der Waals surface area contributed by atoms with Gasteiger partial charge in [-0.3, -0.25) is 14.4 Å². The summed E-state index contributed by atoms with van der Waals surface area (Å²) in [5.41, 5.74) is 2.03. The summed E-state index contributed by atoms with van der Waals surface area (Å²) in [5.74, 6) is -2.20. The van der Waals surface area contributed by atoms with Crippen molar-refractivity contribution in [3.05, 3.63) is 65.5 Å². The molecule has 26 heavy (non-hydrogen) atoms. The van der Waals surface area contributed by atoms with E-state index in [1.54, 1.807) is 4.90 Å². The lowest BCUT2D eigenvalue weighted by molar-refractivity contribution is -0.147. The summed E-state index contributed by atoms with van der Waals surface area (Å²) in [6.07, 6.45) is 0.0531. The molecule has 1 aliphatic rings. The van der Waals surface area contributed by atoms with Gasteiger partial charge in [0.15, 0.2) is 12.4 Å². The molecule has 0 unspecified atom stereocenters. The highest BCUT2D eigenvalue weighted by atomic mass is 19.1. The molecule has 0 bridgehead atoms. The molecule has 1 saturated heterocycles. The van der Waals surface area contributed by atoms with Crippen LogP contribution in [-0.2, 0) is 14.3 Å². The minimum Gasteiger partial charge on any atom is -0.457 e. The summed E-state index contributed by atoms with van der Waals surface area (Å²) in [7, 11) is 0. The zero-order valence-corrected chi connectivity index (χ0v) is 14.3. The molecule has 1 heterocycles. The molecule has 1 aliphatic heterocycles. The van der Waals surface area contributed by atoms with Gasteiger partial charge in [-0.05, 0) is 48.9 Å². The first-order chi connectivity index (χ1) is 12.4. The average molecular weight is 355 g/mol. The number of ether oxygens (including phenoxy) is 1. The molecule has 134 valence electrons. The fourth-order valence-corrected chi connectivity index (χ4v) is 2.88. The first-order valence-electron chi connectivity index (χ1n) is 8.26. The second-order valence-corrected chi connectivity index (χ2v) is 6.28. The maximum atomic E-state index is 12.9. The van der Waals surface area contributed by atoms with E-state index in [9.17, 15) is 18.8 Å². The second kappa shape index (κ2) is 7.47. The van der Waals surface area contributed by atoms with E-state index < -0.39 is 30.1 Å². The third-order valence-corrected chi connectivity index (χ3v) is 4.28. The zero-order chi connectivity index (χ0) is 18.7. The molecule has 3 rings (SSSR count). The molecule has 1 fully saturated rings. The van der Waals surface area contributed by atoms with Crippen molar-refractivity contribution in [2.75, 3.05) is 18.1 Å². The lowest BCUT2D eigenvalue weighted by atomic mass is 10.1. The number of carbonyl (C=O) groups excluding carboxylic acids is 3. The van der Waals surface area contributed by atoms with Crippen molar-refractivity contribution < 1.29 is 23.5 Å². The van der Waals surface area contributed by atoms with E-state index in [0.29, 0.717) is 0 Å². The van der Waals surface area contributed by atoms with E-state index in [2.05, 4.69) is 0 Å². The third kappa shape index (κ3) is 3.96. The Bertz CT molecular complexity index is 847. The van der Waals surface area contributed by atoms with Crippen LogP contribution in [0.2, 0.25) is 0 Å². The molecule has 5 nitrogen and oxygen atoms in total. The number of nitrogens with zero attached hydrogens (tertiary/aromatic N) is 1. The minimum absolute atomic E-state index is 0.0531. The van der Waals surface area contributed by atoms with Gasteiger partial charge in [0.2, 0.25) is 5.91 Å². The van der Waals surface area contributed by atoms with Crippen molar-refractivity contribution in [2.24, 2.45) is 5.92 Å². The van der Waals surface area contributed by atoms with Crippen LogP contribution in [0.3, 0.4) is 0 Å². The standard InChI is InChI=1S/C20H18FNO4/c1-13-3-2-4-17(9-13)22-11-15(10-19(22)24)20(25)26-12-18(23)14-5-7-16(21)8-6-14/h2-9,15H,10-12H2,1H3/t15-/m1/s1. The molecule has 0 spiro atoms. The molecule has 0 radical (unpaired) electrons. The Morgan fingerprint density at radius 2 is 1.92 bits per heavy atom. The van der Waals surface area contributed by atoms with Crippen LogP contribution in [0.25, 0.3) is 0 Å². The molecule has 1 amide bonds. The smallest absolute Gasteiger partial charge is 0.311 e. The van der Waals surface area contributed by atoms with Crippen molar-refractivity contribution in [2.45, 2.75) is 13.3 Å². The first-order valence-corrected chi connectivity index (χ1v) is 8.26. The number of carbonyl (C=O) groups is 3. The van der Waals surface area contributed by atoms with Crippen LogP contribution in [0, 0.1) is 18.7 Å². The molecule has 0 N–H and O–H groups in total. The van der Waals surface area contributed by atoms with E-state index >= 15 is 0 Å². The number of benzene rings is 2. The quantitative estimate of drug-likeness (QED) is 0.611. The number of Topliss-reactive ketones (excluding diaryl/α,β-unsaturated/α-hetero) is 1. The topological polar surface area (TPSA) is 63.7 Å². The predicted octanol–water partition coefficient (Wildman–Crippen LogP) is 2.91. The highest BCUT2D eigenvalue weighted by Gasteiger charge is 2.36. The van der Waals surface area contributed by atoms with Crippen molar-refractivity contribution in [3.8, 4) is 0 Å². The van der Waals surface area contributed by atoms with Gasteiger partial charge in [0, 0.05) is 24.2 Å². The van der Waals surface area contributed by atoms with Gasteiger partial charge >= 0.3 is 5.97 Å². The number of hydrogen-bond acceptors (Lipinski definition) is 4. The number of anilines is 1. The van der Waals surface area contributed by atoms with Crippen molar-refractivity contribution >= 4 is 23.3 Å². The second-order valence-electron chi connectivity index (χ2n) is 6.28. The van der Waals surface area contributed by atoms with Gasteiger partial charge in [-0.1, -0.05) is 12.1 Å². The molecule has 6 heteroatoms. The highest BCUT2D eigenvalue weighted by Crippen LogP contribution is 2.26. The van der Waals surface area contributed by atoms with Crippen LogP contribution < -0.4 is 4.90 Å². The van der Waals surface area contributed by atoms with Gasteiger partial charge in [0.1, 0.15) is 5.82 Å². The number of rotatable bonds is 5. The minimum atomic E-state index is -0.607. The fourth-order valence-electron chi connectivity index (χ4n) is 2.88. The molecule has 2 aromatic carbocycles. The SMILES string of the molecule is Cc1cccc(N2C[C@H](C(=O)OCC(=O)c3ccc(F)cc3)CC2=O)c1. The van der Waals surface area contributed by atoms with Crippen molar-refractivity contribution in [1.29, 1.82) is 0 Å². The van der Waals surface area contributed by atoms with E-state index in [4.69, 9.17) is 4.74 Å². The van der Waals surface area contributed by atoms with Gasteiger partial charge in [0.25, 0.3) is 0 Å². The Labute approximate surface area is 150 Å². The molecule has 0 saturated carbocycles. The Balaban J connectivity index is 1.58. The first kappa shape index (κ1) is 17.8. The normalized spacial score (nSPS) is 16.6. The number of esters is 1. The monoisotopic (exact) mass is 355 g/mol. The number of ketones is 1. The Morgan fingerprint density at radius 1 is 1.19 bits per heavy atom. The maximum Gasteiger partial charge on any atom is 0.311 e.